The standard InChI is InChI=1S/C18H16ClN5/c19-15-10-13(7-8-14(15)11-20)17-22-18(24-23-17)16(21)9-6-12-4-2-1-3-5-12/h1-5,7-8,10,16H,6,9,21H2,(H,22,23,24)/t16-/m1/s1. The molecule has 3 rings (SSSR count). The fourth-order valence-electron chi connectivity index (χ4n) is 2.42. The molecule has 5 nitrogen and oxygen atoms in total. The van der Waals surface area contributed by atoms with E-state index in [-0.39, 0.29) is 6.04 Å². The number of halogens is 1. The lowest BCUT2D eigenvalue weighted by atomic mass is 10.1. The number of aryl methyl sites for hydroxylation is 1. The van der Waals surface area contributed by atoms with Crippen molar-refractivity contribution < 1.29 is 0 Å². The molecular weight excluding hydrogens is 322 g/mol. The first-order chi connectivity index (χ1) is 11.7. The average molecular weight is 338 g/mol. The van der Waals surface area contributed by atoms with Crippen LogP contribution < -0.4 is 5.73 Å². The van der Waals surface area contributed by atoms with E-state index in [4.69, 9.17) is 22.6 Å². The second-order valence-electron chi connectivity index (χ2n) is 5.48. The lowest BCUT2D eigenvalue weighted by Gasteiger charge is -2.07. The first-order valence-electron chi connectivity index (χ1n) is 7.59. The zero-order valence-corrected chi connectivity index (χ0v) is 13.7. The molecule has 0 aliphatic heterocycles. The minimum atomic E-state index is -0.222. The normalized spacial score (nSPS) is 11.9. The van der Waals surface area contributed by atoms with Gasteiger partial charge in [-0.1, -0.05) is 41.9 Å². The van der Waals surface area contributed by atoms with Crippen LogP contribution in [-0.2, 0) is 6.42 Å². The Morgan fingerprint density at radius 3 is 2.71 bits per heavy atom. The van der Waals surface area contributed by atoms with Gasteiger partial charge in [0.2, 0.25) is 0 Å². The van der Waals surface area contributed by atoms with Crippen molar-refractivity contribution in [3.8, 4) is 17.5 Å². The molecule has 0 unspecified atom stereocenters. The fraction of sp³-hybridized carbons (Fsp3) is 0.167. The van der Waals surface area contributed by atoms with E-state index < -0.39 is 0 Å². The van der Waals surface area contributed by atoms with Gasteiger partial charge in [0, 0.05) is 5.56 Å². The predicted molar refractivity (Wildman–Crippen MR) is 93.2 cm³/mol. The third-order valence-corrected chi connectivity index (χ3v) is 4.10. The number of nitrogens with two attached hydrogens (primary N) is 1. The van der Waals surface area contributed by atoms with Crippen molar-refractivity contribution in [1.29, 1.82) is 5.26 Å². The van der Waals surface area contributed by atoms with Gasteiger partial charge in [0.05, 0.1) is 16.6 Å². The summed E-state index contributed by atoms with van der Waals surface area (Å²) in [5.41, 5.74) is 8.62. The number of nitriles is 1. The van der Waals surface area contributed by atoms with Crippen LogP contribution in [0.2, 0.25) is 5.02 Å². The van der Waals surface area contributed by atoms with Gasteiger partial charge in [0.1, 0.15) is 11.9 Å². The van der Waals surface area contributed by atoms with Crippen molar-refractivity contribution in [2.24, 2.45) is 5.73 Å². The van der Waals surface area contributed by atoms with Gasteiger partial charge in [0.15, 0.2) is 5.82 Å². The number of nitrogens with zero attached hydrogens (tertiary/aromatic N) is 3. The van der Waals surface area contributed by atoms with E-state index in [1.54, 1.807) is 18.2 Å². The smallest absolute Gasteiger partial charge is 0.181 e. The number of H-pyrrole nitrogens is 1. The van der Waals surface area contributed by atoms with E-state index in [9.17, 15) is 0 Å². The highest BCUT2D eigenvalue weighted by atomic mass is 35.5. The summed E-state index contributed by atoms with van der Waals surface area (Å²) in [7, 11) is 0. The minimum absolute atomic E-state index is 0.222. The van der Waals surface area contributed by atoms with E-state index in [2.05, 4.69) is 27.3 Å². The Balaban J connectivity index is 1.71. The van der Waals surface area contributed by atoms with Gasteiger partial charge in [-0.15, -0.1) is 0 Å². The van der Waals surface area contributed by atoms with Crippen LogP contribution in [0, 0.1) is 11.3 Å². The Hall–Kier alpha value is -2.68. The minimum Gasteiger partial charge on any atom is -0.321 e. The second kappa shape index (κ2) is 7.26. The molecule has 0 amide bonds. The number of benzene rings is 2. The SMILES string of the molecule is N#Cc1ccc(-c2n[nH]c([C@H](N)CCc3ccccc3)n2)cc1Cl. The average Bonchev–Trinajstić information content (AvgIpc) is 3.10. The molecule has 1 aromatic heterocycles. The molecule has 6 heteroatoms. The van der Waals surface area contributed by atoms with Gasteiger partial charge in [-0.2, -0.15) is 10.4 Å². The van der Waals surface area contributed by atoms with Crippen LogP contribution in [0.1, 0.15) is 29.4 Å². The number of aromatic nitrogens is 3. The molecule has 3 N–H and O–H groups in total. The highest BCUT2D eigenvalue weighted by molar-refractivity contribution is 6.32. The monoisotopic (exact) mass is 337 g/mol. The van der Waals surface area contributed by atoms with Crippen LogP contribution in [0.5, 0.6) is 0 Å². The largest absolute Gasteiger partial charge is 0.321 e. The van der Waals surface area contributed by atoms with Gasteiger partial charge in [-0.25, -0.2) is 4.98 Å². The van der Waals surface area contributed by atoms with Gasteiger partial charge < -0.3 is 5.73 Å². The third-order valence-electron chi connectivity index (χ3n) is 3.79. The van der Waals surface area contributed by atoms with Crippen LogP contribution in [0.25, 0.3) is 11.4 Å². The van der Waals surface area contributed by atoms with Crippen LogP contribution in [0.15, 0.2) is 48.5 Å². The molecule has 1 atom stereocenters. The van der Waals surface area contributed by atoms with Gasteiger partial charge in [-0.3, -0.25) is 5.10 Å². The fourth-order valence-corrected chi connectivity index (χ4v) is 2.64. The van der Waals surface area contributed by atoms with E-state index in [1.807, 2.05) is 24.3 Å². The summed E-state index contributed by atoms with van der Waals surface area (Å²) in [6, 6.07) is 17.1. The van der Waals surface area contributed by atoms with Crippen molar-refractivity contribution in [2.75, 3.05) is 0 Å². The topological polar surface area (TPSA) is 91.4 Å². The molecule has 0 spiro atoms. The van der Waals surface area contributed by atoms with E-state index >= 15 is 0 Å². The summed E-state index contributed by atoms with van der Waals surface area (Å²) in [6.45, 7) is 0. The van der Waals surface area contributed by atoms with Gasteiger partial charge in [0.25, 0.3) is 0 Å². The Morgan fingerprint density at radius 2 is 2.00 bits per heavy atom. The molecule has 0 radical (unpaired) electrons. The molecule has 1 heterocycles. The van der Waals surface area contributed by atoms with Gasteiger partial charge >= 0.3 is 0 Å². The summed E-state index contributed by atoms with van der Waals surface area (Å²) in [6.07, 6.45) is 1.65. The van der Waals surface area contributed by atoms with Crippen LogP contribution >= 0.6 is 11.6 Å². The van der Waals surface area contributed by atoms with Crippen molar-refractivity contribution in [3.05, 3.63) is 70.5 Å². The Bertz CT molecular complexity index is 867. The number of aromatic amines is 1. The third kappa shape index (κ3) is 3.62. The summed E-state index contributed by atoms with van der Waals surface area (Å²) in [4.78, 5) is 4.46. The number of hydrogen-bond donors (Lipinski definition) is 2. The second-order valence-corrected chi connectivity index (χ2v) is 5.89. The van der Waals surface area contributed by atoms with Crippen LogP contribution in [-0.4, -0.2) is 15.2 Å². The highest BCUT2D eigenvalue weighted by Gasteiger charge is 2.14. The van der Waals surface area contributed by atoms with E-state index in [1.165, 1.54) is 5.56 Å². The summed E-state index contributed by atoms with van der Waals surface area (Å²) < 4.78 is 0. The zero-order valence-electron chi connectivity index (χ0n) is 12.9. The van der Waals surface area contributed by atoms with Crippen LogP contribution in [0.3, 0.4) is 0 Å². The van der Waals surface area contributed by atoms with Crippen molar-refractivity contribution in [1.82, 2.24) is 15.2 Å². The maximum absolute atomic E-state index is 8.92. The molecule has 0 aliphatic rings. The summed E-state index contributed by atoms with van der Waals surface area (Å²) >= 11 is 6.05. The summed E-state index contributed by atoms with van der Waals surface area (Å²) in [5.74, 6) is 1.16. The molecule has 0 fully saturated rings. The van der Waals surface area contributed by atoms with Gasteiger partial charge in [-0.05, 0) is 36.6 Å². The number of hydrogen-bond acceptors (Lipinski definition) is 4. The molecule has 2 aromatic carbocycles. The molecule has 3 aromatic rings. The first-order valence-corrected chi connectivity index (χ1v) is 7.97. The molecule has 0 bridgehead atoms. The predicted octanol–water partition coefficient (Wildman–Crippen LogP) is 3.63. The molecule has 0 aliphatic carbocycles. The lowest BCUT2D eigenvalue weighted by Crippen LogP contribution is -2.13. The highest BCUT2D eigenvalue weighted by Crippen LogP contribution is 2.24. The lowest BCUT2D eigenvalue weighted by molar-refractivity contribution is 0.615. The van der Waals surface area contributed by atoms with E-state index in [0.29, 0.717) is 22.2 Å². The first kappa shape index (κ1) is 16.2. The van der Waals surface area contributed by atoms with Crippen molar-refractivity contribution in [2.45, 2.75) is 18.9 Å². The van der Waals surface area contributed by atoms with Crippen LogP contribution in [0.4, 0.5) is 0 Å². The number of nitrogens with one attached hydrogen (secondary N) is 1. The number of rotatable bonds is 5. The van der Waals surface area contributed by atoms with Crippen molar-refractivity contribution >= 4 is 11.6 Å². The Labute approximate surface area is 145 Å². The maximum Gasteiger partial charge on any atom is 0.181 e. The Morgan fingerprint density at radius 1 is 1.21 bits per heavy atom. The zero-order chi connectivity index (χ0) is 16.9. The maximum atomic E-state index is 8.92. The van der Waals surface area contributed by atoms with E-state index in [0.717, 1.165) is 18.4 Å². The summed E-state index contributed by atoms with van der Waals surface area (Å²) in [5, 5.41) is 16.4. The molecule has 0 saturated heterocycles. The quantitative estimate of drug-likeness (QED) is 0.743. The molecule has 24 heavy (non-hydrogen) atoms. The Kier molecular flexibility index (Phi) is 4.90. The van der Waals surface area contributed by atoms with Crippen molar-refractivity contribution in [3.63, 3.8) is 0 Å². The molecular formula is C18H16ClN5. The molecule has 0 saturated carbocycles. The molecule has 120 valence electrons.